The molecule has 0 amide bonds. The topological polar surface area (TPSA) is 30.2 Å². The Morgan fingerprint density at radius 3 is 3.07 bits per heavy atom. The Bertz CT molecular complexity index is 628. The van der Waals surface area contributed by atoms with Crippen LogP contribution in [0.3, 0.4) is 0 Å². The van der Waals surface area contributed by atoms with E-state index in [0.29, 0.717) is 4.73 Å². The Hall–Kier alpha value is -0.460. The van der Waals surface area contributed by atoms with Gasteiger partial charge in [0, 0.05) is 20.7 Å². The van der Waals surface area contributed by atoms with Gasteiger partial charge < -0.3 is 0 Å². The van der Waals surface area contributed by atoms with Gasteiger partial charge in [0.1, 0.15) is 0 Å². The van der Waals surface area contributed by atoms with Crippen LogP contribution >= 0.6 is 43.2 Å². The predicted octanol–water partition coefficient (Wildman–Crippen LogP) is 3.47. The zero-order valence-electron chi connectivity index (χ0n) is 6.74. The van der Waals surface area contributed by atoms with E-state index >= 15 is 0 Å². The monoisotopic (exact) mass is 331 g/mol. The Morgan fingerprint density at radius 1 is 1.36 bits per heavy atom. The number of hydrogen-bond acceptors (Lipinski definition) is 3. The molecule has 0 fully saturated rings. The first-order valence-electron chi connectivity index (χ1n) is 3.83. The summed E-state index contributed by atoms with van der Waals surface area (Å²) in [4.78, 5) is 4.32. The summed E-state index contributed by atoms with van der Waals surface area (Å²) >= 11 is 8.47. The summed E-state index contributed by atoms with van der Waals surface area (Å²) in [5.41, 5.74) is 0.877. The third-order valence-corrected chi connectivity index (χ3v) is 4.18. The van der Waals surface area contributed by atoms with E-state index in [9.17, 15) is 0 Å². The Morgan fingerprint density at radius 2 is 2.21 bits per heavy atom. The van der Waals surface area contributed by atoms with Crippen LogP contribution in [0.2, 0.25) is 0 Å². The van der Waals surface area contributed by atoms with Crippen molar-refractivity contribution in [1.29, 1.82) is 0 Å². The minimum atomic E-state index is 0.614. The molecule has 6 heteroatoms. The molecule has 0 saturated heterocycles. The van der Waals surface area contributed by atoms with Crippen LogP contribution < -0.4 is 0 Å². The van der Waals surface area contributed by atoms with E-state index in [1.165, 1.54) is 4.70 Å². The molecule has 0 aliphatic heterocycles. The van der Waals surface area contributed by atoms with Crippen LogP contribution in [-0.4, -0.2) is 14.6 Å². The average Bonchev–Trinajstić information content (AvgIpc) is 2.68. The lowest BCUT2D eigenvalue weighted by Gasteiger charge is -1.93. The Kier molecular flexibility index (Phi) is 1.90. The van der Waals surface area contributed by atoms with Crippen LogP contribution in [0.4, 0.5) is 0 Å². The maximum atomic E-state index is 4.32. The van der Waals surface area contributed by atoms with Crippen LogP contribution in [0, 0.1) is 0 Å². The number of rotatable bonds is 0. The third kappa shape index (κ3) is 1.14. The van der Waals surface area contributed by atoms with Crippen molar-refractivity contribution in [2.45, 2.75) is 0 Å². The first-order chi connectivity index (χ1) is 6.75. The van der Waals surface area contributed by atoms with Crippen molar-refractivity contribution < 1.29 is 0 Å². The van der Waals surface area contributed by atoms with E-state index in [-0.39, 0.29) is 0 Å². The first kappa shape index (κ1) is 8.82. The Labute approximate surface area is 100 Å². The van der Waals surface area contributed by atoms with Crippen LogP contribution in [0.25, 0.3) is 15.7 Å². The maximum absolute atomic E-state index is 4.32. The highest BCUT2D eigenvalue weighted by atomic mass is 79.9. The number of hydrogen-bond donors (Lipinski definition) is 0. The molecule has 0 saturated carbocycles. The van der Waals surface area contributed by atoms with Crippen molar-refractivity contribution in [2.75, 3.05) is 0 Å². The molecule has 14 heavy (non-hydrogen) atoms. The normalized spacial score (nSPS) is 11.6. The van der Waals surface area contributed by atoms with E-state index in [4.69, 9.17) is 0 Å². The van der Waals surface area contributed by atoms with Gasteiger partial charge in [-0.3, -0.25) is 0 Å². The van der Waals surface area contributed by atoms with Gasteiger partial charge in [0.15, 0.2) is 5.65 Å². The molecule has 0 N–H and O–H groups in total. The van der Waals surface area contributed by atoms with Gasteiger partial charge in [-0.15, -0.1) is 16.4 Å². The summed E-state index contributed by atoms with van der Waals surface area (Å²) in [5.74, 6) is 0. The fraction of sp³-hybridized carbons (Fsp3) is 0. The molecule has 3 nitrogen and oxygen atoms in total. The molecule has 0 aliphatic carbocycles. The summed E-state index contributed by atoms with van der Waals surface area (Å²) in [7, 11) is 0. The number of halogens is 2. The van der Waals surface area contributed by atoms with E-state index in [0.717, 1.165) is 15.5 Å². The first-order valence-corrected chi connectivity index (χ1v) is 6.30. The van der Waals surface area contributed by atoms with E-state index in [1.807, 2.05) is 12.3 Å². The fourth-order valence-corrected chi connectivity index (χ4v) is 3.35. The minimum absolute atomic E-state index is 0.614. The van der Waals surface area contributed by atoms with Gasteiger partial charge in [-0.2, -0.15) is 0 Å². The molecule has 0 unspecified atom stereocenters. The lowest BCUT2D eigenvalue weighted by Crippen LogP contribution is -1.85. The highest BCUT2D eigenvalue weighted by molar-refractivity contribution is 9.11. The van der Waals surface area contributed by atoms with E-state index in [2.05, 4.69) is 47.3 Å². The van der Waals surface area contributed by atoms with Crippen molar-refractivity contribution in [2.24, 2.45) is 0 Å². The fourth-order valence-electron chi connectivity index (χ4n) is 1.40. The van der Waals surface area contributed by atoms with Crippen LogP contribution in [-0.2, 0) is 0 Å². The third-order valence-electron chi connectivity index (χ3n) is 1.97. The van der Waals surface area contributed by atoms with Crippen LogP contribution in [0.5, 0.6) is 0 Å². The van der Waals surface area contributed by atoms with Crippen molar-refractivity contribution in [3.63, 3.8) is 0 Å². The van der Waals surface area contributed by atoms with Crippen molar-refractivity contribution in [3.05, 3.63) is 26.8 Å². The smallest absolute Gasteiger partial charge is 0.218 e. The molecule has 3 heterocycles. The molecular weight excluding hydrogens is 330 g/mol. The van der Waals surface area contributed by atoms with Gasteiger partial charge in [0.25, 0.3) is 0 Å². The molecule has 0 bridgehead atoms. The standard InChI is InChI=1S/C8H3Br2N3S/c9-4-3-14-5-1-2-13-7(6(4)5)11-8(10)12-13/h1-3H. The SMILES string of the molecule is Brc1nc2c3c(Br)csc3ccn2n1. The van der Waals surface area contributed by atoms with E-state index < -0.39 is 0 Å². The second-order valence-corrected chi connectivity index (χ2v) is 5.26. The van der Waals surface area contributed by atoms with Gasteiger partial charge in [0.05, 0.1) is 5.39 Å². The number of thiophene rings is 1. The molecule has 0 aliphatic rings. The maximum Gasteiger partial charge on any atom is 0.218 e. The van der Waals surface area contributed by atoms with Crippen molar-refractivity contribution >= 4 is 58.9 Å². The highest BCUT2D eigenvalue weighted by Gasteiger charge is 2.09. The molecule has 0 spiro atoms. The summed E-state index contributed by atoms with van der Waals surface area (Å²) in [5, 5.41) is 7.37. The van der Waals surface area contributed by atoms with Crippen LogP contribution in [0.15, 0.2) is 26.8 Å². The molecule has 0 radical (unpaired) electrons. The van der Waals surface area contributed by atoms with Gasteiger partial charge in [0.2, 0.25) is 4.73 Å². The zero-order chi connectivity index (χ0) is 9.71. The van der Waals surface area contributed by atoms with Crippen molar-refractivity contribution in [1.82, 2.24) is 14.6 Å². The summed E-state index contributed by atoms with van der Waals surface area (Å²) in [6, 6.07) is 2.04. The van der Waals surface area contributed by atoms with Gasteiger partial charge >= 0.3 is 0 Å². The number of aromatic nitrogens is 3. The largest absolute Gasteiger partial charge is 0.219 e. The number of fused-ring (bicyclic) bond motifs is 3. The van der Waals surface area contributed by atoms with Crippen LogP contribution in [0.1, 0.15) is 0 Å². The highest BCUT2D eigenvalue weighted by Crippen LogP contribution is 2.32. The molecule has 3 rings (SSSR count). The quantitative estimate of drug-likeness (QED) is 0.631. The second-order valence-electron chi connectivity index (χ2n) is 2.79. The predicted molar refractivity (Wildman–Crippen MR) is 63.8 cm³/mol. The number of nitrogens with zero attached hydrogens (tertiary/aromatic N) is 3. The number of pyridine rings is 1. The summed E-state index contributed by atoms with van der Waals surface area (Å²) in [6.45, 7) is 0. The average molecular weight is 333 g/mol. The molecular formula is C8H3Br2N3S. The van der Waals surface area contributed by atoms with Gasteiger partial charge in [-0.25, -0.2) is 9.50 Å². The molecule has 70 valence electrons. The van der Waals surface area contributed by atoms with Gasteiger partial charge in [-0.1, -0.05) is 0 Å². The van der Waals surface area contributed by atoms with Gasteiger partial charge in [-0.05, 0) is 37.9 Å². The Balaban J connectivity index is 2.64. The second kappa shape index (κ2) is 3.01. The molecule has 0 aromatic carbocycles. The molecule has 3 aromatic heterocycles. The summed E-state index contributed by atoms with van der Waals surface area (Å²) in [6.07, 6.45) is 1.92. The van der Waals surface area contributed by atoms with E-state index in [1.54, 1.807) is 15.9 Å². The zero-order valence-corrected chi connectivity index (χ0v) is 10.7. The lowest BCUT2D eigenvalue weighted by molar-refractivity contribution is 0.950. The van der Waals surface area contributed by atoms with Crippen molar-refractivity contribution in [3.8, 4) is 0 Å². The molecule has 3 aromatic rings. The summed E-state index contributed by atoms with van der Waals surface area (Å²) < 4.78 is 4.67. The molecule has 0 atom stereocenters. The lowest BCUT2D eigenvalue weighted by atomic mass is 10.3. The minimum Gasteiger partial charge on any atom is -0.219 e.